The number of likely N-dealkylation sites (tertiary alicyclic amines) is 1. The zero-order valence-corrected chi connectivity index (χ0v) is 8.66. The van der Waals surface area contributed by atoms with E-state index in [9.17, 15) is 4.79 Å². The molecule has 80 valence electrons. The molecule has 0 radical (unpaired) electrons. The van der Waals surface area contributed by atoms with Crippen LogP contribution < -0.4 is 5.32 Å². The molecule has 2 atom stereocenters. The minimum absolute atomic E-state index is 0.0746. The maximum Gasteiger partial charge on any atom is 0.239 e. The summed E-state index contributed by atoms with van der Waals surface area (Å²) in [5, 5.41) is 3.23. The van der Waals surface area contributed by atoms with Gasteiger partial charge in [-0.3, -0.25) is 4.79 Å². The van der Waals surface area contributed by atoms with Crippen molar-refractivity contribution in [3.8, 4) is 0 Å². The molecule has 0 aromatic carbocycles. The number of carbonyl (C=O) groups excluding carboxylic acids is 1. The van der Waals surface area contributed by atoms with Gasteiger partial charge in [0.05, 0.1) is 12.1 Å². The molecule has 0 aromatic heterocycles. The second kappa shape index (κ2) is 4.28. The van der Waals surface area contributed by atoms with Gasteiger partial charge >= 0.3 is 0 Å². The van der Waals surface area contributed by atoms with Crippen molar-refractivity contribution in [1.82, 2.24) is 10.2 Å². The van der Waals surface area contributed by atoms with Crippen LogP contribution in [0.4, 0.5) is 0 Å². The fourth-order valence-electron chi connectivity index (χ4n) is 2.24. The molecule has 4 nitrogen and oxygen atoms in total. The predicted molar refractivity (Wildman–Crippen MR) is 53.0 cm³/mol. The number of nitrogens with zero attached hydrogens (tertiary/aromatic N) is 1. The van der Waals surface area contributed by atoms with Crippen molar-refractivity contribution >= 4 is 5.91 Å². The van der Waals surface area contributed by atoms with E-state index in [2.05, 4.69) is 5.32 Å². The number of hydrogen-bond donors (Lipinski definition) is 1. The summed E-state index contributed by atoms with van der Waals surface area (Å²) in [5.74, 6) is 0.266. The summed E-state index contributed by atoms with van der Waals surface area (Å²) < 4.78 is 5.24. The molecule has 2 rings (SSSR count). The van der Waals surface area contributed by atoms with Crippen LogP contribution in [0.25, 0.3) is 0 Å². The summed E-state index contributed by atoms with van der Waals surface area (Å²) in [6.45, 7) is 2.61. The van der Waals surface area contributed by atoms with Crippen LogP contribution in [-0.4, -0.2) is 49.7 Å². The molecular weight excluding hydrogens is 180 g/mol. The molecule has 0 aromatic rings. The molecule has 2 fully saturated rings. The van der Waals surface area contributed by atoms with Gasteiger partial charge in [-0.2, -0.15) is 0 Å². The van der Waals surface area contributed by atoms with Crippen LogP contribution in [0, 0.1) is 0 Å². The van der Waals surface area contributed by atoms with Gasteiger partial charge in [0.25, 0.3) is 0 Å². The normalized spacial score (nSPS) is 32.5. The summed E-state index contributed by atoms with van der Waals surface area (Å²) in [6.07, 6.45) is 3.35. The summed E-state index contributed by atoms with van der Waals surface area (Å²) in [4.78, 5) is 13.8. The smallest absolute Gasteiger partial charge is 0.239 e. The highest BCUT2D eigenvalue weighted by atomic mass is 16.5. The second-order valence-corrected chi connectivity index (χ2v) is 4.08. The van der Waals surface area contributed by atoms with E-state index in [0.29, 0.717) is 0 Å². The van der Waals surface area contributed by atoms with E-state index in [1.54, 1.807) is 7.11 Å². The lowest BCUT2D eigenvalue weighted by atomic mass is 10.2. The molecule has 1 N–H and O–H groups in total. The first-order valence-corrected chi connectivity index (χ1v) is 5.36. The molecule has 0 saturated carbocycles. The van der Waals surface area contributed by atoms with Crippen LogP contribution in [-0.2, 0) is 9.53 Å². The lowest BCUT2D eigenvalue weighted by Gasteiger charge is -2.20. The zero-order chi connectivity index (χ0) is 9.97. The molecule has 14 heavy (non-hydrogen) atoms. The molecule has 1 amide bonds. The first kappa shape index (κ1) is 9.93. The Labute approximate surface area is 84.6 Å². The Kier molecular flexibility index (Phi) is 3.03. The number of hydrogen-bond acceptors (Lipinski definition) is 3. The highest BCUT2D eigenvalue weighted by molar-refractivity contribution is 5.82. The molecule has 0 unspecified atom stereocenters. The SMILES string of the molecule is CO[C@@H]1CCN(C(=O)[C@@H]2CCCN2)C1. The van der Waals surface area contributed by atoms with Crippen LogP contribution in [0.15, 0.2) is 0 Å². The largest absolute Gasteiger partial charge is 0.380 e. The Hall–Kier alpha value is -0.610. The van der Waals surface area contributed by atoms with Gasteiger partial charge in [-0.1, -0.05) is 0 Å². The lowest BCUT2D eigenvalue weighted by molar-refractivity contribution is -0.132. The van der Waals surface area contributed by atoms with Gasteiger partial charge in [0.15, 0.2) is 0 Å². The topological polar surface area (TPSA) is 41.6 Å². The average Bonchev–Trinajstić information content (AvgIpc) is 2.88. The van der Waals surface area contributed by atoms with Crippen LogP contribution in [0.5, 0.6) is 0 Å². The third-order valence-corrected chi connectivity index (χ3v) is 3.15. The molecule has 0 spiro atoms. The van der Waals surface area contributed by atoms with Crippen molar-refractivity contribution in [3.05, 3.63) is 0 Å². The van der Waals surface area contributed by atoms with E-state index in [4.69, 9.17) is 4.74 Å². The maximum atomic E-state index is 11.9. The van der Waals surface area contributed by atoms with Crippen molar-refractivity contribution in [3.63, 3.8) is 0 Å². The molecule has 4 heteroatoms. The van der Waals surface area contributed by atoms with Gasteiger partial charge in [-0.15, -0.1) is 0 Å². The first-order chi connectivity index (χ1) is 6.81. The van der Waals surface area contributed by atoms with Gasteiger partial charge in [0.2, 0.25) is 5.91 Å². The van der Waals surface area contributed by atoms with Crippen LogP contribution >= 0.6 is 0 Å². The quantitative estimate of drug-likeness (QED) is 0.678. The predicted octanol–water partition coefficient (Wildman–Crippen LogP) is -0.0143. The summed E-state index contributed by atoms with van der Waals surface area (Å²) in [7, 11) is 1.71. The summed E-state index contributed by atoms with van der Waals surface area (Å²) >= 11 is 0. The van der Waals surface area contributed by atoms with E-state index in [1.165, 1.54) is 0 Å². The Bertz CT molecular complexity index is 214. The van der Waals surface area contributed by atoms with E-state index in [0.717, 1.165) is 38.9 Å². The third kappa shape index (κ3) is 1.91. The van der Waals surface area contributed by atoms with Crippen LogP contribution in [0.3, 0.4) is 0 Å². The minimum atomic E-state index is 0.0746. The molecule has 2 heterocycles. The van der Waals surface area contributed by atoms with E-state index >= 15 is 0 Å². The molecule has 2 saturated heterocycles. The molecule has 2 aliphatic heterocycles. The van der Waals surface area contributed by atoms with E-state index in [1.807, 2.05) is 4.90 Å². The molecule has 0 bridgehead atoms. The average molecular weight is 198 g/mol. The Morgan fingerprint density at radius 1 is 1.50 bits per heavy atom. The van der Waals surface area contributed by atoms with Crippen molar-refractivity contribution in [1.29, 1.82) is 0 Å². The Balaban J connectivity index is 1.86. The number of amides is 1. The third-order valence-electron chi connectivity index (χ3n) is 3.15. The zero-order valence-electron chi connectivity index (χ0n) is 8.66. The van der Waals surface area contributed by atoms with Crippen molar-refractivity contribution in [2.24, 2.45) is 0 Å². The summed E-state index contributed by atoms with van der Waals surface area (Å²) in [5.41, 5.74) is 0. The maximum absolute atomic E-state index is 11.9. The minimum Gasteiger partial charge on any atom is -0.380 e. The number of carbonyl (C=O) groups is 1. The van der Waals surface area contributed by atoms with Gasteiger partial charge in [0.1, 0.15) is 0 Å². The fourth-order valence-corrected chi connectivity index (χ4v) is 2.24. The van der Waals surface area contributed by atoms with Gasteiger partial charge in [0, 0.05) is 20.2 Å². The van der Waals surface area contributed by atoms with Gasteiger partial charge in [-0.25, -0.2) is 0 Å². The van der Waals surface area contributed by atoms with Crippen molar-refractivity contribution in [2.45, 2.75) is 31.4 Å². The fraction of sp³-hybridized carbons (Fsp3) is 0.900. The number of ether oxygens (including phenoxy) is 1. The van der Waals surface area contributed by atoms with Crippen LogP contribution in [0.1, 0.15) is 19.3 Å². The Morgan fingerprint density at radius 2 is 2.36 bits per heavy atom. The van der Waals surface area contributed by atoms with Crippen molar-refractivity contribution < 1.29 is 9.53 Å². The summed E-state index contributed by atoms with van der Waals surface area (Å²) in [6, 6.07) is 0.0746. The first-order valence-electron chi connectivity index (χ1n) is 5.36. The lowest BCUT2D eigenvalue weighted by Crippen LogP contribution is -2.42. The number of nitrogens with one attached hydrogen (secondary N) is 1. The number of methoxy groups -OCH3 is 1. The van der Waals surface area contributed by atoms with E-state index in [-0.39, 0.29) is 18.1 Å². The van der Waals surface area contributed by atoms with Gasteiger partial charge < -0.3 is 15.0 Å². The second-order valence-electron chi connectivity index (χ2n) is 4.08. The van der Waals surface area contributed by atoms with Crippen LogP contribution in [0.2, 0.25) is 0 Å². The Morgan fingerprint density at radius 3 is 2.93 bits per heavy atom. The highest BCUT2D eigenvalue weighted by Gasteiger charge is 2.31. The monoisotopic (exact) mass is 198 g/mol. The van der Waals surface area contributed by atoms with E-state index < -0.39 is 0 Å². The van der Waals surface area contributed by atoms with Gasteiger partial charge in [-0.05, 0) is 25.8 Å². The highest BCUT2D eigenvalue weighted by Crippen LogP contribution is 2.16. The molecule has 0 aliphatic carbocycles. The molecule has 2 aliphatic rings. The molecular formula is C10H18N2O2. The standard InChI is InChI=1S/C10H18N2O2/c1-14-8-4-6-12(7-8)10(13)9-3-2-5-11-9/h8-9,11H,2-7H2,1H3/t8-,9+/m1/s1. The number of rotatable bonds is 2. The van der Waals surface area contributed by atoms with Crippen molar-refractivity contribution in [2.75, 3.05) is 26.7 Å².